The number of aromatic nitrogens is 2. The minimum atomic E-state index is -0.607. The van der Waals surface area contributed by atoms with Crippen LogP contribution in [0.4, 0.5) is 5.13 Å². The molecule has 0 saturated heterocycles. The maximum atomic E-state index is 12.1. The van der Waals surface area contributed by atoms with E-state index in [4.69, 9.17) is 0 Å². The first-order chi connectivity index (χ1) is 11.5. The summed E-state index contributed by atoms with van der Waals surface area (Å²) in [5.74, 6) is -0.534. The van der Waals surface area contributed by atoms with Gasteiger partial charge in [0.05, 0.1) is 5.69 Å². The van der Waals surface area contributed by atoms with Gasteiger partial charge in [0, 0.05) is 34.5 Å². The lowest BCUT2D eigenvalue weighted by molar-refractivity contribution is -0.124. The van der Waals surface area contributed by atoms with Crippen molar-refractivity contribution >= 4 is 39.2 Å². The van der Waals surface area contributed by atoms with E-state index in [9.17, 15) is 9.59 Å². The lowest BCUT2D eigenvalue weighted by Crippen LogP contribution is -2.40. The first-order valence-electron chi connectivity index (χ1n) is 7.57. The number of fused-ring (bicyclic) bond motifs is 1. The first kappa shape index (κ1) is 16.2. The van der Waals surface area contributed by atoms with Crippen LogP contribution in [0.5, 0.6) is 0 Å². The number of nitrogens with zero attached hydrogens (tertiary/aromatic N) is 1. The lowest BCUT2D eigenvalue weighted by atomic mass is 10.1. The number of thiazole rings is 1. The van der Waals surface area contributed by atoms with Crippen molar-refractivity contribution in [3.05, 3.63) is 35.3 Å². The van der Waals surface area contributed by atoms with E-state index in [2.05, 4.69) is 20.6 Å². The molecular formula is C17H18N4O2S. The molecule has 0 saturated carbocycles. The van der Waals surface area contributed by atoms with Gasteiger partial charge >= 0.3 is 0 Å². The van der Waals surface area contributed by atoms with E-state index in [1.54, 1.807) is 6.92 Å². The van der Waals surface area contributed by atoms with Crippen LogP contribution in [0.1, 0.15) is 19.5 Å². The Labute approximate surface area is 143 Å². The van der Waals surface area contributed by atoms with Crippen LogP contribution in [0, 0.1) is 6.92 Å². The second-order valence-electron chi connectivity index (χ2n) is 5.62. The fourth-order valence-electron chi connectivity index (χ4n) is 2.64. The molecule has 3 N–H and O–H groups in total. The highest BCUT2D eigenvalue weighted by molar-refractivity contribution is 7.14. The summed E-state index contributed by atoms with van der Waals surface area (Å²) in [6.45, 7) is 5.02. The SMILES string of the molecule is CC(=O)NC(C)C(=O)Nc1nc(-c2c(C)[nH]c3ccccc23)cs1. The quantitative estimate of drug-likeness (QED) is 0.681. The minimum Gasteiger partial charge on any atom is -0.358 e. The third kappa shape index (κ3) is 3.16. The van der Waals surface area contributed by atoms with Crippen LogP contribution in [0.3, 0.4) is 0 Å². The third-order valence-electron chi connectivity index (χ3n) is 3.70. The van der Waals surface area contributed by atoms with Gasteiger partial charge in [-0.25, -0.2) is 4.98 Å². The van der Waals surface area contributed by atoms with Crippen molar-refractivity contribution in [1.29, 1.82) is 0 Å². The number of para-hydroxylation sites is 1. The van der Waals surface area contributed by atoms with Crippen LogP contribution in [-0.2, 0) is 9.59 Å². The number of amides is 2. The van der Waals surface area contributed by atoms with Crippen molar-refractivity contribution in [3.63, 3.8) is 0 Å². The normalized spacial score (nSPS) is 12.1. The molecule has 124 valence electrons. The monoisotopic (exact) mass is 342 g/mol. The summed E-state index contributed by atoms with van der Waals surface area (Å²) in [4.78, 5) is 30.9. The molecule has 0 bridgehead atoms. The molecule has 0 aliphatic rings. The summed E-state index contributed by atoms with van der Waals surface area (Å²) >= 11 is 1.36. The van der Waals surface area contributed by atoms with E-state index < -0.39 is 6.04 Å². The number of hydrogen-bond donors (Lipinski definition) is 3. The first-order valence-corrected chi connectivity index (χ1v) is 8.45. The Bertz CT molecular complexity index is 912. The van der Waals surface area contributed by atoms with Gasteiger partial charge in [0.2, 0.25) is 11.8 Å². The fraction of sp³-hybridized carbons (Fsp3) is 0.235. The van der Waals surface area contributed by atoms with E-state index in [-0.39, 0.29) is 11.8 Å². The highest BCUT2D eigenvalue weighted by Gasteiger charge is 2.17. The van der Waals surface area contributed by atoms with Gasteiger partial charge in [0.25, 0.3) is 0 Å². The number of hydrogen-bond acceptors (Lipinski definition) is 4. The standard InChI is InChI=1S/C17H18N4O2S/c1-9-15(12-6-4-5-7-13(12)19-9)14-8-24-17(20-14)21-16(23)10(2)18-11(3)22/h4-8,10,19H,1-3H3,(H,18,22)(H,20,21,23). The van der Waals surface area contributed by atoms with Gasteiger partial charge in [-0.05, 0) is 19.9 Å². The summed E-state index contributed by atoms with van der Waals surface area (Å²) in [5, 5.41) is 8.82. The largest absolute Gasteiger partial charge is 0.358 e. The molecule has 2 aromatic heterocycles. The van der Waals surface area contributed by atoms with Crippen LogP contribution in [0.25, 0.3) is 22.2 Å². The summed E-state index contributed by atoms with van der Waals surface area (Å²) in [7, 11) is 0. The van der Waals surface area contributed by atoms with Crippen molar-refractivity contribution in [3.8, 4) is 11.3 Å². The summed E-state index contributed by atoms with van der Waals surface area (Å²) in [5.41, 5.74) is 3.95. The molecular weight excluding hydrogens is 324 g/mol. The number of anilines is 1. The predicted octanol–water partition coefficient (Wildman–Crippen LogP) is 3.06. The number of rotatable bonds is 4. The Balaban J connectivity index is 1.84. The number of benzene rings is 1. The summed E-state index contributed by atoms with van der Waals surface area (Å²) in [6.07, 6.45) is 0. The highest BCUT2D eigenvalue weighted by Crippen LogP contribution is 2.33. The fourth-order valence-corrected chi connectivity index (χ4v) is 3.34. The molecule has 0 radical (unpaired) electrons. The highest BCUT2D eigenvalue weighted by atomic mass is 32.1. The van der Waals surface area contributed by atoms with Crippen LogP contribution >= 0.6 is 11.3 Å². The molecule has 1 unspecified atom stereocenters. The summed E-state index contributed by atoms with van der Waals surface area (Å²) in [6, 6.07) is 7.44. The van der Waals surface area contributed by atoms with Crippen LogP contribution in [0.2, 0.25) is 0 Å². The van der Waals surface area contributed by atoms with Crippen molar-refractivity contribution in [2.75, 3.05) is 5.32 Å². The van der Waals surface area contributed by atoms with Crippen LogP contribution in [0.15, 0.2) is 29.6 Å². The molecule has 0 fully saturated rings. The Hall–Kier alpha value is -2.67. The van der Waals surface area contributed by atoms with Crippen molar-refractivity contribution in [2.24, 2.45) is 0 Å². The van der Waals surface area contributed by atoms with Gasteiger partial charge in [-0.15, -0.1) is 11.3 Å². The van der Waals surface area contributed by atoms with Gasteiger partial charge < -0.3 is 15.6 Å². The van der Waals surface area contributed by atoms with E-state index >= 15 is 0 Å². The second-order valence-corrected chi connectivity index (χ2v) is 6.48. The zero-order valence-corrected chi connectivity index (χ0v) is 14.5. The molecule has 24 heavy (non-hydrogen) atoms. The van der Waals surface area contributed by atoms with Crippen LogP contribution in [-0.4, -0.2) is 27.8 Å². The number of nitrogens with one attached hydrogen (secondary N) is 3. The zero-order valence-electron chi connectivity index (χ0n) is 13.6. The number of carbonyl (C=O) groups is 2. The van der Waals surface area contributed by atoms with E-state index in [1.807, 2.05) is 36.6 Å². The number of carbonyl (C=O) groups excluding carboxylic acids is 2. The topological polar surface area (TPSA) is 86.9 Å². The smallest absolute Gasteiger partial charge is 0.248 e. The molecule has 0 aliphatic carbocycles. The molecule has 7 heteroatoms. The second kappa shape index (κ2) is 6.45. The maximum absolute atomic E-state index is 12.1. The average molecular weight is 342 g/mol. The Morgan fingerprint density at radius 1 is 1.29 bits per heavy atom. The van der Waals surface area contributed by atoms with Gasteiger partial charge in [0.1, 0.15) is 6.04 Å². The molecule has 0 spiro atoms. The zero-order chi connectivity index (χ0) is 17.3. The summed E-state index contributed by atoms with van der Waals surface area (Å²) < 4.78 is 0. The van der Waals surface area contributed by atoms with Crippen LogP contribution < -0.4 is 10.6 Å². The molecule has 3 rings (SSSR count). The Kier molecular flexibility index (Phi) is 4.35. The Morgan fingerprint density at radius 3 is 2.79 bits per heavy atom. The predicted molar refractivity (Wildman–Crippen MR) is 96.1 cm³/mol. The molecule has 1 atom stereocenters. The molecule has 3 aromatic rings. The minimum absolute atomic E-state index is 0.244. The van der Waals surface area contributed by atoms with Crippen molar-refractivity contribution < 1.29 is 9.59 Å². The van der Waals surface area contributed by atoms with Crippen molar-refractivity contribution in [2.45, 2.75) is 26.8 Å². The van der Waals surface area contributed by atoms with Crippen molar-refractivity contribution in [1.82, 2.24) is 15.3 Å². The average Bonchev–Trinajstić information content (AvgIpc) is 3.09. The molecule has 0 aliphatic heterocycles. The number of aromatic amines is 1. The maximum Gasteiger partial charge on any atom is 0.248 e. The number of H-pyrrole nitrogens is 1. The third-order valence-corrected chi connectivity index (χ3v) is 4.45. The molecule has 6 nitrogen and oxygen atoms in total. The van der Waals surface area contributed by atoms with Gasteiger partial charge in [0.15, 0.2) is 5.13 Å². The molecule has 1 aromatic carbocycles. The van der Waals surface area contributed by atoms with E-state index in [1.165, 1.54) is 18.3 Å². The van der Waals surface area contributed by atoms with E-state index in [0.717, 1.165) is 27.9 Å². The van der Waals surface area contributed by atoms with Gasteiger partial charge in [-0.1, -0.05) is 18.2 Å². The Morgan fingerprint density at radius 2 is 2.04 bits per heavy atom. The van der Waals surface area contributed by atoms with Gasteiger partial charge in [-0.3, -0.25) is 9.59 Å². The number of aryl methyl sites for hydroxylation is 1. The van der Waals surface area contributed by atoms with E-state index in [0.29, 0.717) is 5.13 Å². The molecule has 2 heterocycles. The lowest BCUT2D eigenvalue weighted by Gasteiger charge is -2.10. The van der Waals surface area contributed by atoms with Gasteiger partial charge in [-0.2, -0.15) is 0 Å². The molecule has 2 amide bonds.